The molecule has 0 bridgehead atoms. The third-order valence-corrected chi connectivity index (χ3v) is 4.59. The van der Waals surface area contributed by atoms with Crippen molar-refractivity contribution in [1.82, 2.24) is 5.32 Å². The maximum Gasteiger partial charge on any atom is 0.254 e. The Labute approximate surface area is 125 Å². The van der Waals surface area contributed by atoms with Crippen LogP contribution >= 0.6 is 0 Å². The van der Waals surface area contributed by atoms with E-state index in [1.165, 1.54) is 32.1 Å². The van der Waals surface area contributed by atoms with Crippen molar-refractivity contribution in [2.75, 3.05) is 11.4 Å². The lowest BCUT2D eigenvalue weighted by molar-refractivity contribution is -0.120. The van der Waals surface area contributed by atoms with E-state index < -0.39 is 6.04 Å². The molecule has 1 unspecified atom stereocenters. The lowest BCUT2D eigenvalue weighted by Gasteiger charge is -2.30. The van der Waals surface area contributed by atoms with E-state index in [1.807, 2.05) is 23.1 Å². The summed E-state index contributed by atoms with van der Waals surface area (Å²) in [5, 5.41) is 2.78. The molecule has 0 spiro atoms. The summed E-state index contributed by atoms with van der Waals surface area (Å²) in [7, 11) is 0. The molecule has 4 heteroatoms. The Morgan fingerprint density at radius 2 is 1.86 bits per heavy atom. The number of anilines is 1. The number of nitrogens with one attached hydrogen (secondary N) is 1. The topological polar surface area (TPSA) is 49.4 Å². The fraction of sp³-hybridized carbons (Fsp3) is 0.529. The van der Waals surface area contributed by atoms with Crippen LogP contribution in [0.25, 0.3) is 0 Å². The molecule has 1 fully saturated rings. The van der Waals surface area contributed by atoms with E-state index in [0.29, 0.717) is 11.5 Å². The van der Waals surface area contributed by atoms with Crippen molar-refractivity contribution < 1.29 is 9.59 Å². The van der Waals surface area contributed by atoms with Crippen LogP contribution in [0.5, 0.6) is 0 Å². The Bertz CT molecular complexity index is 549. The van der Waals surface area contributed by atoms with Gasteiger partial charge in [-0.25, -0.2) is 0 Å². The minimum Gasteiger partial charge on any atom is -0.340 e. The number of rotatable bonds is 2. The first-order valence-corrected chi connectivity index (χ1v) is 7.88. The Balaban J connectivity index is 1.92. The highest BCUT2D eigenvalue weighted by atomic mass is 16.2. The number of fused-ring (bicyclic) bond motifs is 1. The normalized spacial score (nSPS) is 23.5. The second-order valence-corrected chi connectivity index (χ2v) is 6.17. The van der Waals surface area contributed by atoms with Crippen molar-refractivity contribution in [3.8, 4) is 0 Å². The van der Waals surface area contributed by atoms with Crippen molar-refractivity contribution in [2.24, 2.45) is 5.92 Å². The number of carbonyl (C=O) groups is 2. The maximum atomic E-state index is 12.6. The molecule has 2 aliphatic rings. The summed E-state index contributed by atoms with van der Waals surface area (Å²) in [5.74, 6) is 0.396. The second-order valence-electron chi connectivity index (χ2n) is 6.17. The van der Waals surface area contributed by atoms with E-state index in [0.717, 1.165) is 12.2 Å². The molecule has 0 aromatic heterocycles. The Kier molecular flexibility index (Phi) is 3.95. The summed E-state index contributed by atoms with van der Waals surface area (Å²) in [6.45, 7) is 2.50. The molecule has 1 aromatic rings. The molecule has 1 atom stereocenters. The van der Waals surface area contributed by atoms with Crippen molar-refractivity contribution in [2.45, 2.75) is 45.1 Å². The van der Waals surface area contributed by atoms with Crippen LogP contribution < -0.4 is 10.2 Å². The van der Waals surface area contributed by atoms with Gasteiger partial charge in [-0.1, -0.05) is 31.4 Å². The predicted octanol–water partition coefficient (Wildman–Crippen LogP) is 2.73. The van der Waals surface area contributed by atoms with E-state index in [2.05, 4.69) is 5.32 Å². The third kappa shape index (κ3) is 2.80. The Hall–Kier alpha value is -1.84. The van der Waals surface area contributed by atoms with Gasteiger partial charge < -0.3 is 10.2 Å². The predicted molar refractivity (Wildman–Crippen MR) is 82.3 cm³/mol. The Morgan fingerprint density at radius 3 is 2.62 bits per heavy atom. The largest absolute Gasteiger partial charge is 0.340 e. The second kappa shape index (κ2) is 5.88. The molecule has 21 heavy (non-hydrogen) atoms. The molecule has 1 saturated carbocycles. The van der Waals surface area contributed by atoms with Crippen LogP contribution in [-0.2, 0) is 4.79 Å². The zero-order valence-corrected chi connectivity index (χ0v) is 12.5. The summed E-state index contributed by atoms with van der Waals surface area (Å²) in [5.41, 5.74) is 1.36. The quantitative estimate of drug-likeness (QED) is 0.908. The summed E-state index contributed by atoms with van der Waals surface area (Å²) >= 11 is 0. The first-order valence-electron chi connectivity index (χ1n) is 7.88. The highest BCUT2D eigenvalue weighted by Gasteiger charge is 2.32. The third-order valence-electron chi connectivity index (χ3n) is 4.59. The number of amides is 2. The van der Waals surface area contributed by atoms with E-state index >= 15 is 0 Å². The zero-order chi connectivity index (χ0) is 14.8. The van der Waals surface area contributed by atoms with Gasteiger partial charge in [0.15, 0.2) is 0 Å². The van der Waals surface area contributed by atoms with Gasteiger partial charge in [0, 0.05) is 6.54 Å². The number of hydrogen-bond acceptors (Lipinski definition) is 2. The molecule has 1 N–H and O–H groups in total. The van der Waals surface area contributed by atoms with E-state index in [1.54, 1.807) is 13.0 Å². The van der Waals surface area contributed by atoms with Crippen molar-refractivity contribution in [1.29, 1.82) is 0 Å². The fourth-order valence-electron chi connectivity index (χ4n) is 3.41. The molecule has 2 amide bonds. The van der Waals surface area contributed by atoms with Gasteiger partial charge in [0.1, 0.15) is 6.04 Å². The average Bonchev–Trinajstić information content (AvgIpc) is 2.60. The van der Waals surface area contributed by atoms with Crippen LogP contribution in [-0.4, -0.2) is 24.4 Å². The van der Waals surface area contributed by atoms with E-state index in [4.69, 9.17) is 0 Å². The van der Waals surface area contributed by atoms with Crippen LogP contribution in [0, 0.1) is 5.92 Å². The van der Waals surface area contributed by atoms with Crippen molar-refractivity contribution >= 4 is 17.5 Å². The van der Waals surface area contributed by atoms with Crippen LogP contribution in [0.15, 0.2) is 24.3 Å². The Morgan fingerprint density at radius 1 is 1.14 bits per heavy atom. The van der Waals surface area contributed by atoms with Crippen LogP contribution in [0.4, 0.5) is 5.69 Å². The molecule has 1 aromatic carbocycles. The molecular weight excluding hydrogens is 264 g/mol. The average molecular weight is 286 g/mol. The zero-order valence-electron chi connectivity index (χ0n) is 12.5. The van der Waals surface area contributed by atoms with Crippen LogP contribution in [0.2, 0.25) is 0 Å². The molecule has 1 aliphatic carbocycles. The number of hydrogen-bond donors (Lipinski definition) is 1. The van der Waals surface area contributed by atoms with Gasteiger partial charge in [-0.05, 0) is 37.8 Å². The summed E-state index contributed by atoms with van der Waals surface area (Å²) < 4.78 is 0. The highest BCUT2D eigenvalue weighted by molar-refractivity contribution is 6.10. The minimum atomic E-state index is -0.464. The van der Waals surface area contributed by atoms with Gasteiger partial charge in [-0.15, -0.1) is 0 Å². The SMILES string of the molecule is CC1NC(=O)c2ccccc2N(CC2CCCCC2)C1=O. The van der Waals surface area contributed by atoms with Gasteiger partial charge >= 0.3 is 0 Å². The number of benzene rings is 1. The lowest BCUT2D eigenvalue weighted by Crippen LogP contribution is -2.45. The molecule has 3 rings (SSSR count). The molecular formula is C17H22N2O2. The smallest absolute Gasteiger partial charge is 0.254 e. The van der Waals surface area contributed by atoms with Crippen molar-refractivity contribution in [3.05, 3.63) is 29.8 Å². The van der Waals surface area contributed by atoms with Gasteiger partial charge in [0.05, 0.1) is 11.3 Å². The number of para-hydroxylation sites is 1. The lowest BCUT2D eigenvalue weighted by atomic mass is 9.88. The molecule has 0 saturated heterocycles. The molecule has 4 nitrogen and oxygen atoms in total. The van der Waals surface area contributed by atoms with Gasteiger partial charge in [-0.2, -0.15) is 0 Å². The van der Waals surface area contributed by atoms with Gasteiger partial charge in [0.2, 0.25) is 5.91 Å². The number of nitrogens with zero attached hydrogens (tertiary/aromatic N) is 1. The minimum absolute atomic E-state index is 0.00104. The van der Waals surface area contributed by atoms with Gasteiger partial charge in [0.25, 0.3) is 5.91 Å². The fourth-order valence-corrected chi connectivity index (χ4v) is 3.41. The van der Waals surface area contributed by atoms with Crippen LogP contribution in [0.1, 0.15) is 49.4 Å². The van der Waals surface area contributed by atoms with E-state index in [9.17, 15) is 9.59 Å². The molecule has 1 heterocycles. The molecule has 1 aliphatic heterocycles. The summed E-state index contributed by atoms with van der Waals surface area (Å²) in [6.07, 6.45) is 6.17. The summed E-state index contributed by atoms with van der Waals surface area (Å²) in [4.78, 5) is 26.7. The monoisotopic (exact) mass is 286 g/mol. The number of carbonyl (C=O) groups excluding carboxylic acids is 2. The van der Waals surface area contributed by atoms with Crippen LogP contribution in [0.3, 0.4) is 0 Å². The standard InChI is InChI=1S/C17H22N2O2/c1-12-17(21)19(11-13-7-3-2-4-8-13)15-10-6-5-9-14(15)16(20)18-12/h5-6,9-10,12-13H,2-4,7-8,11H2,1H3,(H,18,20). The van der Waals surface area contributed by atoms with E-state index in [-0.39, 0.29) is 11.8 Å². The molecule has 0 radical (unpaired) electrons. The summed E-state index contributed by atoms with van der Waals surface area (Å²) in [6, 6.07) is 6.95. The highest BCUT2D eigenvalue weighted by Crippen LogP contribution is 2.29. The van der Waals surface area contributed by atoms with Crippen molar-refractivity contribution in [3.63, 3.8) is 0 Å². The first-order chi connectivity index (χ1) is 10.2. The first kappa shape index (κ1) is 14.1. The maximum absolute atomic E-state index is 12.6. The van der Waals surface area contributed by atoms with Gasteiger partial charge in [-0.3, -0.25) is 9.59 Å². The molecule has 112 valence electrons.